The van der Waals surface area contributed by atoms with Crippen LogP contribution in [0.15, 0.2) is 6.20 Å². The Bertz CT molecular complexity index is 304. The van der Waals surface area contributed by atoms with Crippen LogP contribution in [0.25, 0.3) is 0 Å². The lowest BCUT2D eigenvalue weighted by atomic mass is 10.1. The lowest BCUT2D eigenvalue weighted by Gasteiger charge is -2.23. The number of imidazole rings is 1. The predicted molar refractivity (Wildman–Crippen MR) is 57.5 cm³/mol. The predicted octanol–water partition coefficient (Wildman–Crippen LogP) is 1.57. The van der Waals surface area contributed by atoms with E-state index in [1.54, 1.807) is 7.11 Å². The Kier molecular flexibility index (Phi) is 3.16. The third-order valence-corrected chi connectivity index (χ3v) is 2.22. The second-order valence-corrected chi connectivity index (χ2v) is 4.13. The van der Waals surface area contributed by atoms with Gasteiger partial charge in [0.05, 0.1) is 11.3 Å². The van der Waals surface area contributed by atoms with Gasteiger partial charge in [0.25, 0.3) is 0 Å². The summed E-state index contributed by atoms with van der Waals surface area (Å²) in [6.45, 7) is 6.80. The van der Waals surface area contributed by atoms with Gasteiger partial charge in [-0.2, -0.15) is 0 Å². The molecule has 4 heteroatoms. The van der Waals surface area contributed by atoms with Crippen LogP contribution in [0.4, 0.5) is 5.95 Å². The van der Waals surface area contributed by atoms with Crippen molar-refractivity contribution < 1.29 is 4.74 Å². The first kappa shape index (κ1) is 11.0. The largest absolute Gasteiger partial charge is 0.377 e. The van der Waals surface area contributed by atoms with Gasteiger partial charge < -0.3 is 14.6 Å². The van der Waals surface area contributed by atoms with E-state index in [0.717, 1.165) is 18.2 Å². The summed E-state index contributed by atoms with van der Waals surface area (Å²) < 4.78 is 7.28. The molecule has 0 unspecified atom stereocenters. The summed E-state index contributed by atoms with van der Waals surface area (Å²) in [5.74, 6) is 0.882. The van der Waals surface area contributed by atoms with Crippen molar-refractivity contribution in [3.8, 4) is 0 Å². The van der Waals surface area contributed by atoms with Gasteiger partial charge in [-0.3, -0.25) is 0 Å². The highest BCUT2D eigenvalue weighted by molar-refractivity contribution is 5.28. The molecule has 0 saturated heterocycles. The lowest BCUT2D eigenvalue weighted by Crippen LogP contribution is -2.32. The van der Waals surface area contributed by atoms with E-state index in [4.69, 9.17) is 4.74 Å². The van der Waals surface area contributed by atoms with Crippen LogP contribution in [-0.2, 0) is 11.8 Å². The van der Waals surface area contributed by atoms with Gasteiger partial charge >= 0.3 is 0 Å². The molecule has 0 atom stereocenters. The average molecular weight is 197 g/mol. The second-order valence-electron chi connectivity index (χ2n) is 4.13. The topological polar surface area (TPSA) is 39.1 Å². The minimum atomic E-state index is -0.167. The average Bonchev–Trinajstić information content (AvgIpc) is 2.42. The maximum atomic E-state index is 5.31. The summed E-state index contributed by atoms with van der Waals surface area (Å²) in [7, 11) is 3.69. The van der Waals surface area contributed by atoms with Gasteiger partial charge in [-0.05, 0) is 20.8 Å². The number of hydrogen-bond acceptors (Lipinski definition) is 3. The molecule has 0 amide bonds. The van der Waals surface area contributed by atoms with Gasteiger partial charge in [-0.15, -0.1) is 0 Å². The number of rotatable bonds is 4. The van der Waals surface area contributed by atoms with Crippen LogP contribution in [0, 0.1) is 6.92 Å². The lowest BCUT2D eigenvalue weighted by molar-refractivity contribution is 0.0342. The molecule has 0 fully saturated rings. The highest BCUT2D eigenvalue weighted by Crippen LogP contribution is 2.10. The fourth-order valence-corrected chi connectivity index (χ4v) is 1.14. The molecule has 0 aliphatic heterocycles. The number of ether oxygens (including phenoxy) is 1. The highest BCUT2D eigenvalue weighted by atomic mass is 16.5. The van der Waals surface area contributed by atoms with Crippen molar-refractivity contribution in [1.82, 2.24) is 9.55 Å². The van der Waals surface area contributed by atoms with Gasteiger partial charge in [0, 0.05) is 26.9 Å². The zero-order valence-electron chi connectivity index (χ0n) is 9.59. The maximum Gasteiger partial charge on any atom is 0.202 e. The van der Waals surface area contributed by atoms with E-state index in [1.807, 2.05) is 38.6 Å². The smallest absolute Gasteiger partial charge is 0.202 e. The van der Waals surface area contributed by atoms with Crippen molar-refractivity contribution >= 4 is 5.95 Å². The monoisotopic (exact) mass is 197 g/mol. The van der Waals surface area contributed by atoms with Gasteiger partial charge in [0.1, 0.15) is 0 Å². The number of aryl methyl sites for hydroxylation is 2. The van der Waals surface area contributed by atoms with Crippen LogP contribution >= 0.6 is 0 Å². The summed E-state index contributed by atoms with van der Waals surface area (Å²) in [4.78, 5) is 4.34. The van der Waals surface area contributed by atoms with Gasteiger partial charge in [0.2, 0.25) is 5.95 Å². The Morgan fingerprint density at radius 1 is 1.57 bits per heavy atom. The van der Waals surface area contributed by atoms with Crippen LogP contribution in [0.1, 0.15) is 19.5 Å². The summed E-state index contributed by atoms with van der Waals surface area (Å²) in [5, 5.41) is 3.25. The molecule has 1 N–H and O–H groups in total. The van der Waals surface area contributed by atoms with Gasteiger partial charge in [-0.25, -0.2) is 4.98 Å². The van der Waals surface area contributed by atoms with Crippen LogP contribution in [-0.4, -0.2) is 28.8 Å². The normalized spacial score (nSPS) is 11.8. The van der Waals surface area contributed by atoms with Crippen molar-refractivity contribution in [2.24, 2.45) is 7.05 Å². The first-order chi connectivity index (χ1) is 6.44. The van der Waals surface area contributed by atoms with Gasteiger partial charge in [-0.1, -0.05) is 0 Å². The molecular formula is C10H19N3O. The van der Waals surface area contributed by atoms with E-state index in [0.29, 0.717) is 0 Å². The second kappa shape index (κ2) is 4.00. The zero-order chi connectivity index (χ0) is 10.8. The number of methoxy groups -OCH3 is 1. The fourth-order valence-electron chi connectivity index (χ4n) is 1.14. The quantitative estimate of drug-likeness (QED) is 0.796. The molecule has 1 rings (SSSR count). The molecule has 14 heavy (non-hydrogen) atoms. The summed E-state index contributed by atoms with van der Waals surface area (Å²) in [5.41, 5.74) is 0.852. The summed E-state index contributed by atoms with van der Waals surface area (Å²) in [6.07, 6.45) is 1.99. The molecule has 0 aliphatic rings. The maximum absolute atomic E-state index is 5.31. The number of hydrogen-bond donors (Lipinski definition) is 1. The van der Waals surface area contributed by atoms with E-state index in [1.165, 1.54) is 0 Å². The fraction of sp³-hybridized carbons (Fsp3) is 0.700. The summed E-state index contributed by atoms with van der Waals surface area (Å²) >= 11 is 0. The molecule has 1 heterocycles. The van der Waals surface area contributed by atoms with E-state index in [-0.39, 0.29) is 5.60 Å². The molecule has 1 aromatic heterocycles. The molecule has 0 spiro atoms. The molecule has 0 aliphatic carbocycles. The van der Waals surface area contributed by atoms with E-state index in [2.05, 4.69) is 10.3 Å². The van der Waals surface area contributed by atoms with Crippen molar-refractivity contribution in [1.29, 1.82) is 0 Å². The Balaban J connectivity index is 2.58. The van der Waals surface area contributed by atoms with Crippen LogP contribution in [0.3, 0.4) is 0 Å². The van der Waals surface area contributed by atoms with E-state index in [9.17, 15) is 0 Å². The minimum absolute atomic E-state index is 0.167. The highest BCUT2D eigenvalue weighted by Gasteiger charge is 2.16. The van der Waals surface area contributed by atoms with Crippen molar-refractivity contribution in [3.05, 3.63) is 11.9 Å². The third kappa shape index (κ3) is 2.73. The van der Waals surface area contributed by atoms with E-state index < -0.39 is 0 Å². The number of nitrogens with zero attached hydrogens (tertiary/aromatic N) is 2. The molecule has 4 nitrogen and oxygen atoms in total. The molecule has 0 saturated carbocycles. The Labute approximate surface area is 85.3 Å². The zero-order valence-corrected chi connectivity index (χ0v) is 9.59. The van der Waals surface area contributed by atoms with Crippen LogP contribution < -0.4 is 5.32 Å². The molecule has 0 bridgehead atoms. The molecule has 0 radical (unpaired) electrons. The molecular weight excluding hydrogens is 178 g/mol. The molecule has 80 valence electrons. The Hall–Kier alpha value is -1.03. The minimum Gasteiger partial charge on any atom is -0.377 e. The molecule has 0 aromatic carbocycles. The number of nitrogens with one attached hydrogen (secondary N) is 1. The SMILES string of the molecule is COC(C)(C)CNc1nc(C)cn1C. The van der Waals surface area contributed by atoms with Crippen molar-refractivity contribution in [2.75, 3.05) is 19.0 Å². The van der Waals surface area contributed by atoms with Crippen LogP contribution in [0.2, 0.25) is 0 Å². The Morgan fingerprint density at radius 2 is 2.21 bits per heavy atom. The Morgan fingerprint density at radius 3 is 2.64 bits per heavy atom. The standard InChI is InChI=1S/C10H19N3O/c1-8-6-13(4)9(12-8)11-7-10(2,3)14-5/h6H,7H2,1-5H3,(H,11,12). The van der Waals surface area contributed by atoms with Crippen molar-refractivity contribution in [2.45, 2.75) is 26.4 Å². The number of aromatic nitrogens is 2. The molecule has 1 aromatic rings. The van der Waals surface area contributed by atoms with Crippen LogP contribution in [0.5, 0.6) is 0 Å². The first-order valence-corrected chi connectivity index (χ1v) is 4.73. The third-order valence-electron chi connectivity index (χ3n) is 2.22. The number of anilines is 1. The van der Waals surface area contributed by atoms with Gasteiger partial charge in [0.15, 0.2) is 0 Å². The first-order valence-electron chi connectivity index (χ1n) is 4.73. The summed E-state index contributed by atoms with van der Waals surface area (Å²) in [6, 6.07) is 0. The van der Waals surface area contributed by atoms with Crippen molar-refractivity contribution in [3.63, 3.8) is 0 Å². The van der Waals surface area contributed by atoms with E-state index >= 15 is 0 Å².